The number of aliphatic hydroxyl groups excluding tert-OH is 1. The number of anilines is 1. The van der Waals surface area contributed by atoms with Gasteiger partial charge in [-0.2, -0.15) is 9.97 Å². The maximum atomic E-state index is 13.7. The molecule has 0 aliphatic carbocycles. The molecule has 1 aliphatic heterocycles. The van der Waals surface area contributed by atoms with Crippen molar-refractivity contribution in [3.05, 3.63) is 36.2 Å². The number of para-hydroxylation sites is 2. The second kappa shape index (κ2) is 8.19. The van der Waals surface area contributed by atoms with Crippen LogP contribution in [-0.4, -0.2) is 67.8 Å². The van der Waals surface area contributed by atoms with Crippen molar-refractivity contribution in [3.63, 3.8) is 0 Å². The maximum absolute atomic E-state index is 13.7. The van der Waals surface area contributed by atoms with E-state index in [2.05, 4.69) is 15.0 Å². The summed E-state index contributed by atoms with van der Waals surface area (Å²) in [5, 5.41) is 9.69. The van der Waals surface area contributed by atoms with Gasteiger partial charge in [-0.05, 0) is 12.1 Å². The Morgan fingerprint density at radius 1 is 1.28 bits per heavy atom. The molecule has 1 aliphatic rings. The summed E-state index contributed by atoms with van der Waals surface area (Å²) in [5.74, 6) is 0.0808. The van der Waals surface area contributed by atoms with Crippen molar-refractivity contribution in [2.24, 2.45) is 0 Å². The number of aromatic nitrogens is 4. The highest BCUT2D eigenvalue weighted by molar-refractivity contribution is 7.90. The summed E-state index contributed by atoms with van der Waals surface area (Å²) >= 11 is -1.54. The molecule has 2 atom stereocenters. The van der Waals surface area contributed by atoms with Crippen molar-refractivity contribution >= 4 is 28.0 Å². The minimum absolute atomic E-state index is 0.0127. The fraction of sp³-hybridized carbons (Fsp3) is 0.389. The molecular weight excluding hydrogens is 404 g/mol. The summed E-state index contributed by atoms with van der Waals surface area (Å²) in [7, 11) is 0. The van der Waals surface area contributed by atoms with Gasteiger partial charge in [-0.1, -0.05) is 12.1 Å². The molecule has 3 aromatic rings. The third kappa shape index (κ3) is 3.78. The number of hydrogen-bond acceptors (Lipinski definition) is 7. The van der Waals surface area contributed by atoms with E-state index in [-0.39, 0.29) is 23.6 Å². The van der Waals surface area contributed by atoms with Crippen molar-refractivity contribution in [2.45, 2.75) is 17.6 Å². The topological polar surface area (TPSA) is 99.4 Å². The van der Waals surface area contributed by atoms with Crippen LogP contribution in [-0.2, 0) is 15.9 Å². The Morgan fingerprint density at radius 2 is 2.03 bits per heavy atom. The number of morpholine rings is 1. The lowest BCUT2D eigenvalue weighted by Crippen LogP contribution is -2.48. The Bertz CT molecular complexity index is 1020. The molecule has 8 nitrogen and oxygen atoms in total. The molecule has 1 unspecified atom stereocenters. The van der Waals surface area contributed by atoms with Crippen molar-refractivity contribution in [3.8, 4) is 5.82 Å². The number of rotatable bonds is 5. The van der Waals surface area contributed by atoms with Gasteiger partial charge in [-0.25, -0.2) is 13.8 Å². The normalized spacial score (nSPS) is 18.6. The van der Waals surface area contributed by atoms with Gasteiger partial charge in [0.1, 0.15) is 17.9 Å². The second-order valence-electron chi connectivity index (χ2n) is 6.52. The van der Waals surface area contributed by atoms with Gasteiger partial charge in [0.2, 0.25) is 0 Å². The van der Waals surface area contributed by atoms with Crippen LogP contribution in [0.3, 0.4) is 0 Å². The SMILES string of the molecule is C[S+]([O-])c1nc(N2CCOC[C@@H]2CO)cc(-n2c(C(F)F)nc3ccccc32)n1. The molecule has 0 spiro atoms. The number of alkyl halides is 2. The molecule has 1 N–H and O–H groups in total. The van der Waals surface area contributed by atoms with Crippen LogP contribution >= 0.6 is 0 Å². The van der Waals surface area contributed by atoms with E-state index >= 15 is 0 Å². The molecule has 0 saturated carbocycles. The summed E-state index contributed by atoms with van der Waals surface area (Å²) in [6, 6.07) is 7.95. The minimum Gasteiger partial charge on any atom is -0.609 e. The highest BCUT2D eigenvalue weighted by Gasteiger charge is 2.28. The maximum Gasteiger partial charge on any atom is 0.346 e. The monoisotopic (exact) mass is 423 g/mol. The van der Waals surface area contributed by atoms with Crippen LogP contribution < -0.4 is 4.90 Å². The molecule has 0 amide bonds. The Hall–Kier alpha value is -2.34. The number of fused-ring (bicyclic) bond motifs is 1. The van der Waals surface area contributed by atoms with E-state index in [9.17, 15) is 18.4 Å². The first-order valence-corrected chi connectivity index (χ1v) is 10.5. The summed E-state index contributed by atoms with van der Waals surface area (Å²) < 4.78 is 46.3. The molecule has 154 valence electrons. The minimum atomic E-state index is -2.83. The Labute approximate surface area is 168 Å². The largest absolute Gasteiger partial charge is 0.609 e. The van der Waals surface area contributed by atoms with E-state index in [4.69, 9.17) is 4.74 Å². The van der Waals surface area contributed by atoms with Crippen LogP contribution in [0.4, 0.5) is 14.6 Å². The fourth-order valence-electron chi connectivity index (χ4n) is 3.33. The van der Waals surface area contributed by atoms with Gasteiger partial charge in [-0.15, -0.1) is 0 Å². The van der Waals surface area contributed by atoms with Gasteiger partial charge in [0.15, 0.2) is 5.82 Å². The zero-order valence-corrected chi connectivity index (χ0v) is 16.4. The van der Waals surface area contributed by atoms with Gasteiger partial charge in [0.25, 0.3) is 6.43 Å². The first kappa shape index (κ1) is 20.0. The average molecular weight is 423 g/mol. The van der Waals surface area contributed by atoms with Gasteiger partial charge in [0, 0.05) is 23.8 Å². The third-order valence-electron chi connectivity index (χ3n) is 4.68. The zero-order chi connectivity index (χ0) is 20.5. The van der Waals surface area contributed by atoms with Crippen LogP contribution in [0.1, 0.15) is 12.2 Å². The van der Waals surface area contributed by atoms with Crippen molar-refractivity contribution < 1.29 is 23.2 Å². The number of benzene rings is 1. The van der Waals surface area contributed by atoms with E-state index in [0.717, 1.165) is 0 Å². The highest BCUT2D eigenvalue weighted by Crippen LogP contribution is 2.29. The Morgan fingerprint density at radius 3 is 2.76 bits per heavy atom. The average Bonchev–Trinajstić information content (AvgIpc) is 3.13. The molecule has 0 bridgehead atoms. The molecule has 11 heteroatoms. The molecule has 2 aromatic heterocycles. The predicted molar refractivity (Wildman–Crippen MR) is 103 cm³/mol. The van der Waals surface area contributed by atoms with Crippen molar-refractivity contribution in [2.75, 3.05) is 37.5 Å². The summed E-state index contributed by atoms with van der Waals surface area (Å²) in [5.41, 5.74) is 0.864. The fourth-order valence-corrected chi connectivity index (χ4v) is 3.77. The van der Waals surface area contributed by atoms with E-state index in [1.165, 1.54) is 10.8 Å². The Balaban J connectivity index is 1.92. The molecule has 3 heterocycles. The Kier molecular flexibility index (Phi) is 5.63. The van der Waals surface area contributed by atoms with Gasteiger partial charge in [0.05, 0.1) is 36.9 Å². The standard InChI is InChI=1S/C18H19F2N5O3S/c1-29(27)18-22-14(24-6-7-28-10-11(24)9-26)8-15(23-18)25-13-5-3-2-4-12(13)21-17(25)16(19)20/h2-5,8,11,16,26H,6-7,9-10H2,1H3/t11-,29?/m0/s1. The lowest BCUT2D eigenvalue weighted by Gasteiger charge is -2.35. The first-order chi connectivity index (χ1) is 14.0. The first-order valence-electron chi connectivity index (χ1n) is 8.93. The number of aliphatic hydroxyl groups is 1. The highest BCUT2D eigenvalue weighted by atomic mass is 32.2. The van der Waals surface area contributed by atoms with E-state index < -0.39 is 23.4 Å². The van der Waals surface area contributed by atoms with Gasteiger partial charge < -0.3 is 19.3 Å². The lowest BCUT2D eigenvalue weighted by molar-refractivity contribution is 0.0722. The number of ether oxygens (including phenoxy) is 1. The molecule has 0 radical (unpaired) electrons. The van der Waals surface area contributed by atoms with Crippen LogP contribution in [0.5, 0.6) is 0 Å². The summed E-state index contributed by atoms with van der Waals surface area (Å²) in [6.45, 7) is 1.01. The third-order valence-corrected chi connectivity index (χ3v) is 5.38. The van der Waals surface area contributed by atoms with Gasteiger partial charge >= 0.3 is 5.16 Å². The number of imidazole rings is 1. The number of nitrogens with zero attached hydrogens (tertiary/aromatic N) is 5. The molecular formula is C18H19F2N5O3S. The predicted octanol–water partition coefficient (Wildman–Crippen LogP) is 1.69. The second-order valence-corrected chi connectivity index (χ2v) is 7.79. The number of hydrogen-bond donors (Lipinski definition) is 1. The van der Waals surface area contributed by atoms with Crippen LogP contribution in [0.15, 0.2) is 35.5 Å². The molecule has 29 heavy (non-hydrogen) atoms. The molecule has 4 rings (SSSR count). The van der Waals surface area contributed by atoms with Gasteiger partial charge in [-0.3, -0.25) is 4.57 Å². The number of halogens is 2. The van der Waals surface area contributed by atoms with Crippen molar-refractivity contribution in [1.29, 1.82) is 0 Å². The summed E-state index contributed by atoms with van der Waals surface area (Å²) in [4.78, 5) is 14.5. The van der Waals surface area contributed by atoms with Crippen LogP contribution in [0.2, 0.25) is 0 Å². The van der Waals surface area contributed by atoms with E-state index in [1.54, 1.807) is 30.3 Å². The molecule has 1 fully saturated rings. The zero-order valence-electron chi connectivity index (χ0n) is 15.5. The van der Waals surface area contributed by atoms with E-state index in [1.807, 2.05) is 4.90 Å². The molecule has 1 aromatic carbocycles. The van der Waals surface area contributed by atoms with E-state index in [0.29, 0.717) is 36.6 Å². The van der Waals surface area contributed by atoms with Crippen molar-refractivity contribution in [1.82, 2.24) is 19.5 Å². The van der Waals surface area contributed by atoms with Crippen LogP contribution in [0, 0.1) is 0 Å². The quantitative estimate of drug-likeness (QED) is 0.492. The molecule has 1 saturated heterocycles. The smallest absolute Gasteiger partial charge is 0.346 e. The lowest BCUT2D eigenvalue weighted by atomic mass is 10.2. The summed E-state index contributed by atoms with van der Waals surface area (Å²) in [6.07, 6.45) is -1.41. The van der Waals surface area contributed by atoms with Crippen LogP contribution in [0.25, 0.3) is 16.9 Å².